The number of anilines is 3. The monoisotopic (exact) mass is 453 g/mol. The minimum atomic E-state index is -0.618. The van der Waals surface area contributed by atoms with E-state index < -0.39 is 17.5 Å². The summed E-state index contributed by atoms with van der Waals surface area (Å²) in [6, 6.07) is 8.44. The van der Waals surface area contributed by atoms with Gasteiger partial charge < -0.3 is 20.7 Å². The second-order valence-corrected chi connectivity index (χ2v) is 9.69. The highest BCUT2D eigenvalue weighted by molar-refractivity contribution is 5.68. The van der Waals surface area contributed by atoms with E-state index in [1.54, 1.807) is 20.8 Å². The number of amides is 1. The third-order valence-electron chi connectivity index (χ3n) is 5.58. The molecule has 1 aromatic heterocycles. The van der Waals surface area contributed by atoms with Crippen molar-refractivity contribution in [3.05, 3.63) is 46.8 Å². The van der Waals surface area contributed by atoms with Crippen molar-refractivity contribution < 1.29 is 13.9 Å². The Morgan fingerprint density at radius 3 is 2.48 bits per heavy atom. The maximum Gasteiger partial charge on any atom is 0.407 e. The SMILES string of the molecule is Cc1ccc(Nc2nc(N[C@H](C3CC3)[C@H](C)NC(=O)OC(C)(C)C)c(F)cc2C#N)cc1C. The molecule has 0 radical (unpaired) electrons. The number of nitrogens with one attached hydrogen (secondary N) is 3. The fraction of sp³-hybridized carbons (Fsp3) is 0.480. The van der Waals surface area contributed by atoms with Gasteiger partial charge in [0.05, 0.1) is 11.6 Å². The minimum Gasteiger partial charge on any atom is -0.444 e. The predicted molar refractivity (Wildman–Crippen MR) is 127 cm³/mol. The third-order valence-corrected chi connectivity index (χ3v) is 5.58. The van der Waals surface area contributed by atoms with Crippen LogP contribution in [0.2, 0.25) is 0 Å². The van der Waals surface area contributed by atoms with Crippen molar-refractivity contribution in [2.24, 2.45) is 5.92 Å². The van der Waals surface area contributed by atoms with Gasteiger partial charge in [0.15, 0.2) is 17.5 Å². The highest BCUT2D eigenvalue weighted by atomic mass is 19.1. The molecule has 3 N–H and O–H groups in total. The number of hydrogen-bond donors (Lipinski definition) is 3. The normalized spacial score (nSPS) is 15.2. The molecule has 176 valence electrons. The van der Waals surface area contributed by atoms with E-state index in [1.807, 2.05) is 45.0 Å². The van der Waals surface area contributed by atoms with Crippen molar-refractivity contribution in [2.45, 2.75) is 72.1 Å². The van der Waals surface area contributed by atoms with Gasteiger partial charge in [-0.1, -0.05) is 6.07 Å². The van der Waals surface area contributed by atoms with Gasteiger partial charge in [0.1, 0.15) is 11.7 Å². The molecule has 1 heterocycles. The van der Waals surface area contributed by atoms with Crippen LogP contribution in [0.3, 0.4) is 0 Å². The first-order chi connectivity index (χ1) is 15.5. The number of carbonyl (C=O) groups is 1. The van der Waals surface area contributed by atoms with Crippen molar-refractivity contribution in [1.29, 1.82) is 5.26 Å². The number of alkyl carbamates (subject to hydrolysis) is 1. The Bertz CT molecular complexity index is 1070. The second kappa shape index (κ2) is 9.65. The van der Waals surface area contributed by atoms with E-state index in [-0.39, 0.29) is 35.2 Å². The van der Waals surface area contributed by atoms with Gasteiger partial charge in [0.25, 0.3) is 0 Å². The molecule has 0 saturated heterocycles. The number of nitrogens with zero attached hydrogens (tertiary/aromatic N) is 2. The van der Waals surface area contributed by atoms with E-state index in [4.69, 9.17) is 4.74 Å². The van der Waals surface area contributed by atoms with E-state index in [9.17, 15) is 14.4 Å². The lowest BCUT2D eigenvalue weighted by molar-refractivity contribution is 0.0502. The Morgan fingerprint density at radius 2 is 1.91 bits per heavy atom. The number of hydrogen-bond acceptors (Lipinski definition) is 6. The molecule has 1 aliphatic rings. The van der Waals surface area contributed by atoms with Gasteiger partial charge in [-0.25, -0.2) is 14.2 Å². The molecule has 1 amide bonds. The second-order valence-electron chi connectivity index (χ2n) is 9.69. The van der Waals surface area contributed by atoms with Crippen molar-refractivity contribution in [3.8, 4) is 6.07 Å². The van der Waals surface area contributed by atoms with Crippen LogP contribution in [0.15, 0.2) is 24.3 Å². The third kappa shape index (κ3) is 6.58. The Morgan fingerprint density at radius 1 is 1.21 bits per heavy atom. The van der Waals surface area contributed by atoms with Gasteiger partial charge in [-0.2, -0.15) is 5.26 Å². The molecule has 2 atom stereocenters. The Hall–Kier alpha value is -3.34. The van der Waals surface area contributed by atoms with Gasteiger partial charge in [-0.15, -0.1) is 0 Å². The predicted octanol–water partition coefficient (Wildman–Crippen LogP) is 5.56. The molecule has 0 aliphatic heterocycles. The highest BCUT2D eigenvalue weighted by Gasteiger charge is 2.37. The van der Waals surface area contributed by atoms with Crippen molar-refractivity contribution in [1.82, 2.24) is 10.3 Å². The lowest BCUT2D eigenvalue weighted by Crippen LogP contribution is -2.47. The number of ether oxygens (including phenoxy) is 1. The maximum atomic E-state index is 14.8. The summed E-state index contributed by atoms with van der Waals surface area (Å²) in [4.78, 5) is 16.6. The number of halogens is 1. The number of aromatic nitrogens is 1. The van der Waals surface area contributed by atoms with E-state index in [2.05, 4.69) is 20.9 Å². The summed E-state index contributed by atoms with van der Waals surface area (Å²) in [6.45, 7) is 11.3. The molecule has 3 rings (SSSR count). The quantitative estimate of drug-likeness (QED) is 0.508. The van der Waals surface area contributed by atoms with Crippen LogP contribution in [-0.4, -0.2) is 28.8 Å². The zero-order valence-corrected chi connectivity index (χ0v) is 20.0. The Labute approximate surface area is 194 Å². The van der Waals surface area contributed by atoms with Crippen molar-refractivity contribution in [3.63, 3.8) is 0 Å². The zero-order chi connectivity index (χ0) is 24.3. The average molecular weight is 454 g/mol. The number of carbonyl (C=O) groups excluding carboxylic acids is 1. The molecule has 33 heavy (non-hydrogen) atoms. The smallest absolute Gasteiger partial charge is 0.407 e. The molecule has 1 fully saturated rings. The first-order valence-electron chi connectivity index (χ1n) is 11.2. The van der Waals surface area contributed by atoms with E-state index >= 15 is 0 Å². The zero-order valence-electron chi connectivity index (χ0n) is 20.0. The largest absolute Gasteiger partial charge is 0.444 e. The van der Waals surface area contributed by atoms with Gasteiger partial charge in [-0.05, 0) is 89.6 Å². The van der Waals surface area contributed by atoms with Crippen LogP contribution in [-0.2, 0) is 4.74 Å². The van der Waals surface area contributed by atoms with Crippen LogP contribution in [0.25, 0.3) is 0 Å². The molecular weight excluding hydrogens is 421 g/mol. The first-order valence-corrected chi connectivity index (χ1v) is 11.2. The van der Waals surface area contributed by atoms with Crippen LogP contribution in [0, 0.1) is 36.9 Å². The van der Waals surface area contributed by atoms with Gasteiger partial charge in [-0.3, -0.25) is 0 Å². The van der Waals surface area contributed by atoms with Gasteiger partial charge >= 0.3 is 6.09 Å². The number of nitriles is 1. The molecule has 1 aliphatic carbocycles. The van der Waals surface area contributed by atoms with Crippen LogP contribution in [0.5, 0.6) is 0 Å². The van der Waals surface area contributed by atoms with Crippen LogP contribution >= 0.6 is 0 Å². The molecule has 0 spiro atoms. The van der Waals surface area contributed by atoms with Gasteiger partial charge in [0, 0.05) is 11.7 Å². The summed E-state index contributed by atoms with van der Waals surface area (Å²) in [5.41, 5.74) is 2.50. The summed E-state index contributed by atoms with van der Waals surface area (Å²) < 4.78 is 20.2. The summed E-state index contributed by atoms with van der Waals surface area (Å²) in [5.74, 6) is -0.0303. The Kier molecular flexibility index (Phi) is 7.11. The highest BCUT2D eigenvalue weighted by Crippen LogP contribution is 2.36. The average Bonchev–Trinajstić information content (AvgIpc) is 3.54. The van der Waals surface area contributed by atoms with Crippen molar-refractivity contribution >= 4 is 23.4 Å². The van der Waals surface area contributed by atoms with Crippen LogP contribution in [0.1, 0.15) is 57.2 Å². The topological polar surface area (TPSA) is 99.1 Å². The molecule has 1 saturated carbocycles. The van der Waals surface area contributed by atoms with E-state index in [0.717, 1.165) is 29.7 Å². The number of benzene rings is 1. The lowest BCUT2D eigenvalue weighted by atomic mass is 10.0. The molecule has 2 aromatic rings. The number of aryl methyl sites for hydroxylation is 2. The summed E-state index contributed by atoms with van der Waals surface area (Å²) in [6.07, 6.45) is 1.43. The maximum absolute atomic E-state index is 14.8. The molecule has 0 unspecified atom stereocenters. The molecule has 8 heteroatoms. The Balaban J connectivity index is 1.82. The molecule has 1 aromatic carbocycles. The lowest BCUT2D eigenvalue weighted by Gasteiger charge is -2.28. The molecule has 7 nitrogen and oxygen atoms in total. The fourth-order valence-corrected chi connectivity index (χ4v) is 3.57. The van der Waals surface area contributed by atoms with Gasteiger partial charge in [0.2, 0.25) is 0 Å². The van der Waals surface area contributed by atoms with Crippen LogP contribution < -0.4 is 16.0 Å². The van der Waals surface area contributed by atoms with Crippen molar-refractivity contribution in [2.75, 3.05) is 10.6 Å². The molecule has 0 bridgehead atoms. The summed E-state index contributed by atoms with van der Waals surface area (Å²) >= 11 is 0. The fourth-order valence-electron chi connectivity index (χ4n) is 3.57. The molecular formula is C25H32FN5O2. The standard InChI is InChI=1S/C25H32FN5O2/c1-14-7-10-19(11-15(14)2)29-22-18(13-27)12-20(26)23(31-22)30-21(17-8-9-17)16(3)28-24(32)33-25(4,5)6/h7,10-12,16-17,21H,8-9H2,1-6H3,(H,28,32)(H2,29,30,31)/t16-,21-/m0/s1. The van der Waals surface area contributed by atoms with E-state index in [0.29, 0.717) is 0 Å². The number of rotatable bonds is 7. The summed E-state index contributed by atoms with van der Waals surface area (Å²) in [5, 5.41) is 18.6. The number of pyridine rings is 1. The summed E-state index contributed by atoms with van der Waals surface area (Å²) in [7, 11) is 0. The minimum absolute atomic E-state index is 0.0371. The van der Waals surface area contributed by atoms with Crippen LogP contribution in [0.4, 0.5) is 26.5 Å². The first kappa shape index (κ1) is 24.3. The van der Waals surface area contributed by atoms with E-state index in [1.165, 1.54) is 6.07 Å².